The maximum absolute atomic E-state index is 3.83. The molecule has 0 aromatic heterocycles. The number of halogens is 2. The van der Waals surface area contributed by atoms with Crippen molar-refractivity contribution in [3.8, 4) is 0 Å². The summed E-state index contributed by atoms with van der Waals surface area (Å²) in [7, 11) is -1.75. The van der Waals surface area contributed by atoms with Crippen LogP contribution >= 0.6 is 0 Å². The molecule has 6 rings (SSSR count). The Morgan fingerprint density at radius 3 is 1.87 bits per heavy atom. The number of fused-ring (bicyclic) bond motifs is 2. The Morgan fingerprint density at radius 1 is 0.737 bits per heavy atom. The summed E-state index contributed by atoms with van der Waals surface area (Å²) in [6.45, 7) is 7.43. The van der Waals surface area contributed by atoms with E-state index in [1.165, 1.54) is 59.5 Å². The molecule has 2 aliphatic carbocycles. The van der Waals surface area contributed by atoms with E-state index in [4.69, 9.17) is 0 Å². The minimum atomic E-state index is -1.75. The third-order valence-electron chi connectivity index (χ3n) is 7.08. The molecule has 0 aliphatic heterocycles. The molecule has 4 aromatic carbocycles. The molecule has 0 atom stereocenters. The monoisotopic (exact) mass is 625 g/mol. The molecular weight excluding hydrogens is 599 g/mol. The molecule has 0 fully saturated rings. The van der Waals surface area contributed by atoms with Gasteiger partial charge in [0.25, 0.3) is 0 Å². The zero-order valence-electron chi connectivity index (χ0n) is 21.9. The van der Waals surface area contributed by atoms with Gasteiger partial charge in [-0.05, 0) is 28.3 Å². The van der Waals surface area contributed by atoms with Crippen molar-refractivity contribution in [1.29, 1.82) is 0 Å². The molecule has 0 nitrogen and oxygen atoms in total. The van der Waals surface area contributed by atoms with Crippen molar-refractivity contribution in [2.24, 2.45) is 0 Å². The van der Waals surface area contributed by atoms with Crippen LogP contribution in [0.4, 0.5) is 0 Å². The summed E-state index contributed by atoms with van der Waals surface area (Å²) < 4.78 is 0. The first kappa shape index (κ1) is 30.3. The number of hydrogen-bond acceptors (Lipinski definition) is 0. The largest absolute Gasteiger partial charge is 3.00 e. The Bertz CT molecular complexity index is 1690. The average molecular weight is 628 g/mol. The number of benzene rings is 4. The fourth-order valence-electron chi connectivity index (χ4n) is 5.46. The van der Waals surface area contributed by atoms with E-state index in [1.807, 2.05) is 0 Å². The van der Waals surface area contributed by atoms with Gasteiger partial charge in [0.2, 0.25) is 0 Å². The molecule has 0 amide bonds. The zero-order valence-corrected chi connectivity index (χ0v) is 26.8. The summed E-state index contributed by atoms with van der Waals surface area (Å²) >= 11 is 0. The summed E-state index contributed by atoms with van der Waals surface area (Å²) in [6, 6.07) is 33.1. The smallest absolute Gasteiger partial charge is 1.00 e. The molecule has 0 bridgehead atoms. The fourth-order valence-corrected chi connectivity index (χ4v) is 7.03. The van der Waals surface area contributed by atoms with Crippen molar-refractivity contribution in [2.75, 3.05) is 0 Å². The Kier molecular flexibility index (Phi) is 9.82. The quantitative estimate of drug-likeness (QED) is 0.197. The third kappa shape index (κ3) is 5.43. The van der Waals surface area contributed by atoms with E-state index in [0.29, 0.717) is 0 Å². The molecule has 0 N–H and O–H groups in total. The topological polar surface area (TPSA) is 0 Å². The summed E-state index contributed by atoms with van der Waals surface area (Å²) in [5.41, 5.74) is 7.86. The minimum absolute atomic E-state index is 0. The van der Waals surface area contributed by atoms with Gasteiger partial charge in [-0.15, -0.1) is 33.4 Å². The van der Waals surface area contributed by atoms with Crippen LogP contribution < -0.4 is 40.4 Å². The molecule has 0 heterocycles. The van der Waals surface area contributed by atoms with E-state index in [1.54, 1.807) is 0 Å². The van der Waals surface area contributed by atoms with Crippen molar-refractivity contribution in [1.82, 2.24) is 0 Å². The van der Waals surface area contributed by atoms with Crippen LogP contribution in [0.15, 0.2) is 109 Å². The Hall–Kier alpha value is -2.22. The van der Waals surface area contributed by atoms with Gasteiger partial charge in [0, 0.05) is 0 Å². The van der Waals surface area contributed by atoms with Crippen molar-refractivity contribution in [3.63, 3.8) is 0 Å². The van der Waals surface area contributed by atoms with Crippen LogP contribution in [0, 0.1) is 10.4 Å². The Balaban J connectivity index is 0.00000133. The number of allylic oxidation sites excluding steroid dienone is 4. The third-order valence-corrected chi connectivity index (χ3v) is 9.09. The molecule has 2 aliphatic rings. The average Bonchev–Trinajstić information content (AvgIpc) is 3.53. The summed E-state index contributed by atoms with van der Waals surface area (Å²) in [5, 5.41) is 6.76. The second kappa shape index (κ2) is 12.3. The van der Waals surface area contributed by atoms with E-state index in [2.05, 4.69) is 135 Å². The van der Waals surface area contributed by atoms with E-state index < -0.39 is 8.07 Å². The molecule has 4 heteroatoms. The first-order valence-corrected chi connectivity index (χ1v) is 15.9. The van der Waals surface area contributed by atoms with Gasteiger partial charge in [-0.2, -0.15) is 0 Å². The van der Waals surface area contributed by atoms with Gasteiger partial charge in [0.15, 0.2) is 0 Å². The van der Waals surface area contributed by atoms with Gasteiger partial charge in [0.1, 0.15) is 0 Å². The predicted octanol–water partition coefficient (Wildman–Crippen LogP) is 0.134. The Morgan fingerprint density at radius 2 is 1.32 bits per heavy atom. The molecule has 187 valence electrons. The van der Waals surface area contributed by atoms with Crippen LogP contribution in [0.1, 0.15) is 28.7 Å². The van der Waals surface area contributed by atoms with Crippen LogP contribution in [0.3, 0.4) is 0 Å². The summed E-state index contributed by atoms with van der Waals surface area (Å²) in [4.78, 5) is 0. The van der Waals surface area contributed by atoms with Crippen LogP contribution in [-0.4, -0.2) is 8.07 Å². The standard InChI is InChI=1S/C34H29Si.2ClH.Zr/c1-35(2,3)31-23-29-28-21-13-12-20-27(28)22-30(29)33(26-18-10-11-19-26)34(31)32(24-14-6-4-7-15-24)25-16-8-5-9-17-25;;;/h4-18,20-21,23H,19H2,1-3H3;2*1H;/q-1;;;+3/p-2. The van der Waals surface area contributed by atoms with E-state index in [9.17, 15) is 0 Å². The summed E-state index contributed by atoms with van der Waals surface area (Å²) in [5.74, 6) is 0. The van der Waals surface area contributed by atoms with Crippen LogP contribution in [0.25, 0.3) is 17.2 Å². The van der Waals surface area contributed by atoms with Gasteiger partial charge < -0.3 is 24.8 Å². The number of hydrogen-bond donors (Lipinski definition) is 0. The molecule has 1 radical (unpaired) electrons. The normalized spacial score (nSPS) is 12.7. The van der Waals surface area contributed by atoms with Gasteiger partial charge in [-0.3, -0.25) is 0 Å². The van der Waals surface area contributed by atoms with E-state index in [-0.39, 0.29) is 51.0 Å². The van der Waals surface area contributed by atoms with Crippen LogP contribution in [0.2, 0.25) is 19.6 Å². The number of rotatable bonds is 4. The SMILES string of the molecule is C[Si](C)(C)c1cc2c(c(C3=CC=CC3)c1=C(c1ccccc1)c1ccccc1)[C-]=c1ccccc1=2.[Cl-].[Cl-].[Zr+3]. The van der Waals surface area contributed by atoms with Gasteiger partial charge in [-0.25, -0.2) is 0 Å². The first-order valence-electron chi connectivity index (χ1n) is 12.4. The fraction of sp³-hybridized carbons (Fsp3) is 0.118. The molecule has 0 spiro atoms. The van der Waals surface area contributed by atoms with Crippen LogP contribution in [-0.2, 0) is 26.2 Å². The Labute approximate surface area is 258 Å². The summed E-state index contributed by atoms with van der Waals surface area (Å²) in [6.07, 6.45) is 11.6. The van der Waals surface area contributed by atoms with Crippen LogP contribution in [0.5, 0.6) is 0 Å². The maximum atomic E-state index is 3.83. The van der Waals surface area contributed by atoms with Gasteiger partial charge in [-0.1, -0.05) is 139 Å². The molecular formula is C34H29Cl2SiZr. The second-order valence-corrected chi connectivity index (χ2v) is 15.5. The van der Waals surface area contributed by atoms with Crippen molar-refractivity contribution < 1.29 is 51.0 Å². The minimum Gasteiger partial charge on any atom is -1.00 e. The van der Waals surface area contributed by atoms with E-state index in [0.717, 1.165) is 6.42 Å². The molecule has 38 heavy (non-hydrogen) atoms. The molecule has 0 saturated heterocycles. The zero-order chi connectivity index (χ0) is 24.0. The van der Waals surface area contributed by atoms with E-state index >= 15 is 0 Å². The van der Waals surface area contributed by atoms with Gasteiger partial charge >= 0.3 is 26.2 Å². The maximum Gasteiger partial charge on any atom is 3.00 e. The van der Waals surface area contributed by atoms with Crippen molar-refractivity contribution in [3.05, 3.63) is 152 Å². The molecule has 4 aromatic rings. The van der Waals surface area contributed by atoms with Crippen molar-refractivity contribution in [2.45, 2.75) is 26.1 Å². The second-order valence-electron chi connectivity index (χ2n) is 10.4. The van der Waals surface area contributed by atoms with Crippen molar-refractivity contribution >= 4 is 30.5 Å². The predicted molar refractivity (Wildman–Crippen MR) is 152 cm³/mol. The molecule has 0 saturated carbocycles. The molecule has 0 unspecified atom stereocenters. The van der Waals surface area contributed by atoms with Gasteiger partial charge in [0.05, 0.1) is 8.07 Å². The first-order chi connectivity index (χ1) is 17.0.